The quantitative estimate of drug-likeness (QED) is 0.780. The Hall–Kier alpha value is -1.83. The molecule has 154 valence electrons. The lowest BCUT2D eigenvalue weighted by atomic mass is 9.97. The Labute approximate surface area is 177 Å². The van der Waals surface area contributed by atoms with Crippen LogP contribution in [0.25, 0.3) is 5.65 Å². The van der Waals surface area contributed by atoms with Gasteiger partial charge in [0.2, 0.25) is 5.91 Å². The first-order valence-corrected chi connectivity index (χ1v) is 9.45. The topological polar surface area (TPSA) is 78.7 Å². The van der Waals surface area contributed by atoms with Gasteiger partial charge in [0, 0.05) is 32.0 Å². The van der Waals surface area contributed by atoms with Crippen molar-refractivity contribution < 1.29 is 9.59 Å². The summed E-state index contributed by atoms with van der Waals surface area (Å²) in [6.45, 7) is 2.97. The standard InChI is InChI=1S/C19H25N5O2.2ClH/c25-18(15-6-3-8-20-15)21-11-14-5-4-10-24(12-14)19(26)16-13-23-9-2-1-7-17(23)22-16;;/h1-2,7,9,13-15,20H,3-6,8,10-12H2,(H,21,25);2*1H. The molecule has 2 atom stereocenters. The second kappa shape index (κ2) is 10.1. The molecule has 0 radical (unpaired) electrons. The molecule has 2 aliphatic heterocycles. The number of rotatable bonds is 4. The van der Waals surface area contributed by atoms with E-state index in [9.17, 15) is 9.59 Å². The number of fused-ring (bicyclic) bond motifs is 1. The fraction of sp³-hybridized carbons (Fsp3) is 0.526. The lowest BCUT2D eigenvalue weighted by Gasteiger charge is -2.32. The average Bonchev–Trinajstić information content (AvgIpc) is 3.35. The SMILES string of the molecule is Cl.Cl.O=C(NCC1CCCN(C(=O)c2cn3ccccc3n2)C1)C1CCCN1. The summed E-state index contributed by atoms with van der Waals surface area (Å²) in [5, 5.41) is 6.27. The highest BCUT2D eigenvalue weighted by molar-refractivity contribution is 5.93. The number of hydrogen-bond acceptors (Lipinski definition) is 4. The van der Waals surface area contributed by atoms with Crippen LogP contribution in [0, 0.1) is 5.92 Å². The van der Waals surface area contributed by atoms with E-state index < -0.39 is 0 Å². The molecule has 0 aliphatic carbocycles. The molecule has 0 saturated carbocycles. The first-order valence-electron chi connectivity index (χ1n) is 9.45. The zero-order valence-electron chi connectivity index (χ0n) is 15.7. The molecule has 28 heavy (non-hydrogen) atoms. The van der Waals surface area contributed by atoms with Crippen molar-refractivity contribution in [3.8, 4) is 0 Å². The molecule has 0 bridgehead atoms. The van der Waals surface area contributed by atoms with E-state index in [1.807, 2.05) is 33.7 Å². The number of nitrogens with one attached hydrogen (secondary N) is 2. The summed E-state index contributed by atoms with van der Waals surface area (Å²) in [6, 6.07) is 5.67. The summed E-state index contributed by atoms with van der Waals surface area (Å²) in [5.74, 6) is 0.364. The van der Waals surface area contributed by atoms with Gasteiger partial charge in [-0.3, -0.25) is 9.59 Å². The van der Waals surface area contributed by atoms with Crippen molar-refractivity contribution in [1.82, 2.24) is 24.9 Å². The van der Waals surface area contributed by atoms with Crippen molar-refractivity contribution in [3.05, 3.63) is 36.3 Å². The van der Waals surface area contributed by atoms with Gasteiger partial charge in [-0.15, -0.1) is 24.8 Å². The van der Waals surface area contributed by atoms with E-state index in [1.165, 1.54) is 0 Å². The number of carbonyl (C=O) groups excluding carboxylic acids is 2. The number of aromatic nitrogens is 2. The Kier molecular flexibility index (Phi) is 8.10. The molecular formula is C19H27Cl2N5O2. The number of amides is 2. The summed E-state index contributed by atoms with van der Waals surface area (Å²) in [7, 11) is 0. The van der Waals surface area contributed by atoms with Crippen LogP contribution in [0.15, 0.2) is 30.6 Å². The fourth-order valence-electron chi connectivity index (χ4n) is 3.89. The largest absolute Gasteiger partial charge is 0.354 e. The third-order valence-corrected chi connectivity index (χ3v) is 5.33. The van der Waals surface area contributed by atoms with Gasteiger partial charge >= 0.3 is 0 Å². The lowest BCUT2D eigenvalue weighted by molar-refractivity contribution is -0.123. The maximum atomic E-state index is 12.8. The van der Waals surface area contributed by atoms with Crippen LogP contribution in [0.3, 0.4) is 0 Å². The molecule has 2 amide bonds. The minimum Gasteiger partial charge on any atom is -0.354 e. The van der Waals surface area contributed by atoms with Gasteiger partial charge in [-0.2, -0.15) is 0 Å². The molecule has 0 spiro atoms. The number of nitrogens with zero attached hydrogens (tertiary/aromatic N) is 3. The zero-order chi connectivity index (χ0) is 17.9. The van der Waals surface area contributed by atoms with Crippen molar-refractivity contribution in [3.63, 3.8) is 0 Å². The van der Waals surface area contributed by atoms with E-state index in [2.05, 4.69) is 15.6 Å². The molecule has 2 saturated heterocycles. The minimum atomic E-state index is -0.0469. The smallest absolute Gasteiger partial charge is 0.274 e. The first-order chi connectivity index (χ1) is 12.7. The summed E-state index contributed by atoms with van der Waals surface area (Å²) in [5.41, 5.74) is 1.26. The molecule has 2 aromatic heterocycles. The Morgan fingerprint density at radius 2 is 2.07 bits per heavy atom. The Morgan fingerprint density at radius 1 is 1.21 bits per heavy atom. The van der Waals surface area contributed by atoms with E-state index in [0.717, 1.165) is 44.4 Å². The van der Waals surface area contributed by atoms with Crippen molar-refractivity contribution in [1.29, 1.82) is 0 Å². The number of imidazole rings is 1. The first kappa shape index (κ1) is 22.5. The number of halogens is 2. The van der Waals surface area contributed by atoms with Gasteiger partial charge in [0.15, 0.2) is 0 Å². The van der Waals surface area contributed by atoms with Gasteiger partial charge in [0.1, 0.15) is 11.3 Å². The van der Waals surface area contributed by atoms with E-state index in [4.69, 9.17) is 0 Å². The van der Waals surface area contributed by atoms with Crippen molar-refractivity contribution >= 4 is 42.3 Å². The van der Waals surface area contributed by atoms with Crippen molar-refractivity contribution in [2.75, 3.05) is 26.2 Å². The second-order valence-electron chi connectivity index (χ2n) is 7.25. The Balaban J connectivity index is 0.00000140. The summed E-state index contributed by atoms with van der Waals surface area (Å²) < 4.78 is 1.86. The fourth-order valence-corrected chi connectivity index (χ4v) is 3.89. The van der Waals surface area contributed by atoms with Gasteiger partial charge in [-0.25, -0.2) is 4.98 Å². The van der Waals surface area contributed by atoms with Gasteiger partial charge < -0.3 is 19.9 Å². The maximum absolute atomic E-state index is 12.8. The Bertz CT molecular complexity index is 773. The van der Waals surface area contributed by atoms with E-state index in [-0.39, 0.29) is 42.7 Å². The van der Waals surface area contributed by atoms with Gasteiger partial charge in [0.25, 0.3) is 5.91 Å². The maximum Gasteiger partial charge on any atom is 0.274 e. The number of hydrogen-bond donors (Lipinski definition) is 2. The predicted octanol–water partition coefficient (Wildman–Crippen LogP) is 1.90. The van der Waals surface area contributed by atoms with E-state index in [1.54, 1.807) is 6.20 Å². The van der Waals surface area contributed by atoms with Gasteiger partial charge in [-0.05, 0) is 50.3 Å². The van der Waals surface area contributed by atoms with Crippen LogP contribution in [0.2, 0.25) is 0 Å². The Morgan fingerprint density at radius 3 is 2.82 bits per heavy atom. The molecule has 2 unspecified atom stereocenters. The van der Waals surface area contributed by atoms with Gasteiger partial charge in [-0.1, -0.05) is 6.07 Å². The highest BCUT2D eigenvalue weighted by Gasteiger charge is 2.27. The van der Waals surface area contributed by atoms with Crippen LogP contribution >= 0.6 is 24.8 Å². The molecule has 2 N–H and O–H groups in total. The molecule has 2 fully saturated rings. The molecule has 9 heteroatoms. The number of piperidine rings is 1. The normalized spacial score (nSPS) is 21.6. The number of likely N-dealkylation sites (tertiary alicyclic amines) is 1. The molecule has 0 aromatic carbocycles. The summed E-state index contributed by atoms with van der Waals surface area (Å²) in [6.07, 6.45) is 7.64. The number of carbonyl (C=O) groups is 2. The molecular weight excluding hydrogens is 401 g/mol. The third kappa shape index (κ3) is 4.96. The van der Waals surface area contributed by atoms with Gasteiger partial charge in [0.05, 0.1) is 6.04 Å². The molecule has 4 heterocycles. The van der Waals surface area contributed by atoms with Crippen LogP contribution in [0.1, 0.15) is 36.2 Å². The zero-order valence-corrected chi connectivity index (χ0v) is 17.3. The molecule has 2 aliphatic rings. The van der Waals surface area contributed by atoms with Crippen molar-refractivity contribution in [2.24, 2.45) is 5.92 Å². The summed E-state index contributed by atoms with van der Waals surface area (Å²) in [4.78, 5) is 31.3. The molecule has 7 nitrogen and oxygen atoms in total. The summed E-state index contributed by atoms with van der Waals surface area (Å²) >= 11 is 0. The highest BCUT2D eigenvalue weighted by Crippen LogP contribution is 2.18. The van der Waals surface area contributed by atoms with E-state index >= 15 is 0 Å². The number of pyridine rings is 1. The van der Waals surface area contributed by atoms with E-state index in [0.29, 0.717) is 24.7 Å². The third-order valence-electron chi connectivity index (χ3n) is 5.33. The average molecular weight is 428 g/mol. The van der Waals surface area contributed by atoms with Crippen LogP contribution < -0.4 is 10.6 Å². The monoisotopic (exact) mass is 427 g/mol. The molecule has 4 rings (SSSR count). The van der Waals surface area contributed by atoms with Crippen LogP contribution in [0.4, 0.5) is 0 Å². The van der Waals surface area contributed by atoms with Crippen LogP contribution in [-0.4, -0.2) is 58.3 Å². The second-order valence-corrected chi connectivity index (χ2v) is 7.25. The van der Waals surface area contributed by atoms with Crippen LogP contribution in [0.5, 0.6) is 0 Å². The lowest BCUT2D eigenvalue weighted by Crippen LogP contribution is -2.46. The predicted molar refractivity (Wildman–Crippen MR) is 112 cm³/mol. The van der Waals surface area contributed by atoms with Crippen molar-refractivity contribution in [2.45, 2.75) is 31.7 Å². The highest BCUT2D eigenvalue weighted by atomic mass is 35.5. The molecule has 2 aromatic rings. The minimum absolute atomic E-state index is 0. The van der Waals surface area contributed by atoms with Crippen LogP contribution in [-0.2, 0) is 4.79 Å².